The number of imidazole rings is 1. The number of guanidine groups is 1. The molecule has 2 aromatic heterocycles. The molecule has 0 spiro atoms. The van der Waals surface area contributed by atoms with Crippen LogP contribution in [0.2, 0.25) is 0 Å². The number of hydrogen-bond donors (Lipinski definition) is 2. The molecule has 0 radical (unpaired) electrons. The first kappa shape index (κ1) is 23.4. The summed E-state index contributed by atoms with van der Waals surface area (Å²) in [7, 11) is 1.58. The molecule has 0 bridgehead atoms. The van der Waals surface area contributed by atoms with Crippen molar-refractivity contribution in [3.8, 4) is 11.6 Å². The maximum Gasteiger partial charge on any atom is 0.573 e. The summed E-state index contributed by atoms with van der Waals surface area (Å²) < 4.78 is 43.5. The number of alkyl halides is 3. The van der Waals surface area contributed by atoms with Crippen molar-refractivity contribution < 1.29 is 17.9 Å². The van der Waals surface area contributed by atoms with Gasteiger partial charge in [-0.3, -0.25) is 9.56 Å². The van der Waals surface area contributed by atoms with Crippen LogP contribution in [0.3, 0.4) is 0 Å². The van der Waals surface area contributed by atoms with Gasteiger partial charge in [0.05, 0.1) is 0 Å². The number of hydrogen-bond acceptors (Lipinski definition) is 4. The second-order valence-electron chi connectivity index (χ2n) is 5.93. The summed E-state index contributed by atoms with van der Waals surface area (Å²) in [5.41, 5.74) is 1.31. The highest BCUT2D eigenvalue weighted by Crippen LogP contribution is 2.26. The van der Waals surface area contributed by atoms with Gasteiger partial charge in [-0.1, -0.05) is 18.2 Å². The minimum Gasteiger partial charge on any atom is -0.405 e. The van der Waals surface area contributed by atoms with E-state index in [9.17, 15) is 13.2 Å². The van der Waals surface area contributed by atoms with Crippen molar-refractivity contribution in [2.24, 2.45) is 4.99 Å². The molecule has 3 rings (SSSR count). The molecule has 0 aliphatic carbocycles. The van der Waals surface area contributed by atoms with Gasteiger partial charge in [0.1, 0.15) is 17.9 Å². The molecule has 3 aromatic rings. The van der Waals surface area contributed by atoms with E-state index in [0.29, 0.717) is 18.1 Å². The normalized spacial score (nSPS) is 11.5. The van der Waals surface area contributed by atoms with Crippen LogP contribution in [0.15, 0.2) is 66.3 Å². The monoisotopic (exact) mass is 532 g/mol. The van der Waals surface area contributed by atoms with E-state index in [0.717, 1.165) is 11.4 Å². The molecule has 0 aliphatic heterocycles. The van der Waals surface area contributed by atoms with Crippen LogP contribution in [0.5, 0.6) is 5.75 Å². The molecule has 0 saturated heterocycles. The molecule has 0 aliphatic rings. The van der Waals surface area contributed by atoms with E-state index in [1.54, 1.807) is 48.7 Å². The zero-order valence-electron chi connectivity index (χ0n) is 15.9. The van der Waals surface area contributed by atoms with E-state index in [4.69, 9.17) is 0 Å². The van der Waals surface area contributed by atoms with Gasteiger partial charge >= 0.3 is 6.36 Å². The number of halogens is 4. The highest BCUT2D eigenvalue weighted by atomic mass is 127. The molecule has 0 fully saturated rings. The van der Waals surface area contributed by atoms with Gasteiger partial charge in [-0.2, -0.15) is 0 Å². The Balaban J connectivity index is 0.00000320. The number of nitrogens with one attached hydrogen (secondary N) is 2. The Kier molecular flexibility index (Phi) is 8.45. The fraction of sp³-hybridized carbons (Fsp3) is 0.211. The van der Waals surface area contributed by atoms with Gasteiger partial charge in [0, 0.05) is 44.3 Å². The number of rotatable bonds is 6. The first-order valence-electron chi connectivity index (χ1n) is 8.66. The standard InChI is InChI=1S/C19H19F3N6O.HI/c1-23-18(27-12-15-4-2-3-5-16(15)29-19(20,21)22)26-11-14-6-7-25-17(10-14)28-9-8-24-13-28;/h2-10,13H,11-12H2,1H3,(H2,23,26,27);1H. The average Bonchev–Trinajstić information content (AvgIpc) is 3.23. The van der Waals surface area contributed by atoms with Crippen LogP contribution in [0, 0.1) is 0 Å². The molecule has 30 heavy (non-hydrogen) atoms. The summed E-state index contributed by atoms with van der Waals surface area (Å²) in [5.74, 6) is 0.915. The van der Waals surface area contributed by atoms with Gasteiger partial charge in [0.15, 0.2) is 5.96 Å². The number of ether oxygens (including phenoxy) is 1. The Morgan fingerprint density at radius 3 is 2.60 bits per heavy atom. The summed E-state index contributed by atoms with van der Waals surface area (Å²) in [4.78, 5) is 12.4. The third kappa shape index (κ3) is 6.90. The third-order valence-electron chi connectivity index (χ3n) is 3.91. The molecular weight excluding hydrogens is 512 g/mol. The summed E-state index contributed by atoms with van der Waals surface area (Å²) >= 11 is 0. The van der Waals surface area contributed by atoms with Crippen LogP contribution < -0.4 is 15.4 Å². The third-order valence-corrected chi connectivity index (χ3v) is 3.91. The fourth-order valence-electron chi connectivity index (χ4n) is 2.57. The quantitative estimate of drug-likeness (QED) is 0.288. The molecule has 11 heteroatoms. The lowest BCUT2D eigenvalue weighted by Crippen LogP contribution is -2.36. The van der Waals surface area contributed by atoms with Crippen LogP contribution in [0.1, 0.15) is 11.1 Å². The number of benzene rings is 1. The van der Waals surface area contributed by atoms with Crippen molar-refractivity contribution in [1.82, 2.24) is 25.2 Å². The highest BCUT2D eigenvalue weighted by Gasteiger charge is 2.31. The van der Waals surface area contributed by atoms with E-state index in [2.05, 4.69) is 30.3 Å². The summed E-state index contributed by atoms with van der Waals surface area (Å²) in [6.07, 6.45) is 2.05. The predicted octanol–water partition coefficient (Wildman–Crippen LogP) is 3.65. The Morgan fingerprint density at radius 1 is 1.13 bits per heavy atom. The van der Waals surface area contributed by atoms with E-state index in [1.807, 2.05) is 12.1 Å². The van der Waals surface area contributed by atoms with Gasteiger partial charge in [-0.05, 0) is 23.8 Å². The zero-order valence-corrected chi connectivity index (χ0v) is 18.3. The predicted molar refractivity (Wildman–Crippen MR) is 117 cm³/mol. The van der Waals surface area contributed by atoms with E-state index < -0.39 is 6.36 Å². The van der Waals surface area contributed by atoms with E-state index in [-0.39, 0.29) is 36.3 Å². The van der Waals surface area contributed by atoms with Crippen molar-refractivity contribution in [3.63, 3.8) is 0 Å². The first-order chi connectivity index (χ1) is 13.9. The molecule has 0 saturated carbocycles. The van der Waals surface area contributed by atoms with Gasteiger partial charge < -0.3 is 15.4 Å². The first-order valence-corrected chi connectivity index (χ1v) is 8.66. The van der Waals surface area contributed by atoms with Crippen molar-refractivity contribution >= 4 is 29.9 Å². The number of para-hydroxylation sites is 1. The van der Waals surface area contributed by atoms with Crippen molar-refractivity contribution in [3.05, 3.63) is 72.4 Å². The zero-order chi connectivity index (χ0) is 20.7. The number of aromatic nitrogens is 3. The van der Waals surface area contributed by atoms with Crippen LogP contribution in [-0.2, 0) is 13.1 Å². The van der Waals surface area contributed by atoms with Gasteiger partial charge in [-0.15, -0.1) is 37.1 Å². The molecule has 2 N–H and O–H groups in total. The van der Waals surface area contributed by atoms with Crippen molar-refractivity contribution in [2.75, 3.05) is 7.05 Å². The molecule has 7 nitrogen and oxygen atoms in total. The minimum atomic E-state index is -4.75. The van der Waals surface area contributed by atoms with Gasteiger partial charge in [0.2, 0.25) is 0 Å². The van der Waals surface area contributed by atoms with Crippen LogP contribution in [-0.4, -0.2) is 33.9 Å². The van der Waals surface area contributed by atoms with E-state index in [1.165, 1.54) is 12.1 Å². The van der Waals surface area contributed by atoms with Gasteiger partial charge in [-0.25, -0.2) is 9.97 Å². The van der Waals surface area contributed by atoms with E-state index >= 15 is 0 Å². The SMILES string of the molecule is CN=C(NCc1ccnc(-n2ccnc2)c1)NCc1ccccc1OC(F)(F)F.I. The van der Waals surface area contributed by atoms with Crippen LogP contribution >= 0.6 is 24.0 Å². The van der Waals surface area contributed by atoms with Gasteiger partial charge in [0.25, 0.3) is 0 Å². The smallest absolute Gasteiger partial charge is 0.405 e. The molecule has 1 aromatic carbocycles. The Morgan fingerprint density at radius 2 is 1.90 bits per heavy atom. The van der Waals surface area contributed by atoms with Crippen molar-refractivity contribution in [1.29, 1.82) is 0 Å². The number of nitrogens with zero attached hydrogens (tertiary/aromatic N) is 4. The lowest BCUT2D eigenvalue weighted by atomic mass is 10.2. The fourth-order valence-corrected chi connectivity index (χ4v) is 2.57. The average molecular weight is 532 g/mol. The summed E-state index contributed by atoms with van der Waals surface area (Å²) in [6.45, 7) is 0.563. The molecule has 160 valence electrons. The second-order valence-corrected chi connectivity index (χ2v) is 5.93. The largest absolute Gasteiger partial charge is 0.573 e. The topological polar surface area (TPSA) is 76.4 Å². The second kappa shape index (κ2) is 10.8. The Bertz CT molecular complexity index is 963. The van der Waals surface area contributed by atoms with Crippen LogP contribution in [0.4, 0.5) is 13.2 Å². The highest BCUT2D eigenvalue weighted by molar-refractivity contribution is 14.0. The van der Waals surface area contributed by atoms with Crippen LogP contribution in [0.25, 0.3) is 5.82 Å². The maximum absolute atomic E-state index is 12.5. The molecule has 0 unspecified atom stereocenters. The maximum atomic E-state index is 12.5. The number of aliphatic imine (C=N–C) groups is 1. The molecule has 0 atom stereocenters. The Labute approximate surface area is 188 Å². The lowest BCUT2D eigenvalue weighted by molar-refractivity contribution is -0.274. The number of pyridine rings is 1. The van der Waals surface area contributed by atoms with Crippen molar-refractivity contribution in [2.45, 2.75) is 19.5 Å². The molecule has 0 amide bonds. The Hall–Kier alpha value is -2.83. The minimum absolute atomic E-state index is 0. The molecular formula is C19H20F3IN6O. The summed E-state index contributed by atoms with van der Waals surface area (Å²) in [5, 5.41) is 6.10. The summed E-state index contributed by atoms with van der Waals surface area (Å²) in [6, 6.07) is 9.71. The lowest BCUT2D eigenvalue weighted by Gasteiger charge is -2.16. The molecule has 2 heterocycles.